The lowest BCUT2D eigenvalue weighted by Gasteiger charge is -2.41. The van der Waals surface area contributed by atoms with E-state index in [0.717, 1.165) is 38.6 Å². The maximum Gasteiger partial charge on any atom is 0.226 e. The van der Waals surface area contributed by atoms with Gasteiger partial charge in [0.1, 0.15) is 0 Å². The SMILES string of the molecule is CCC[C@H](C(N)=O)[C@@H](CC(C)C)C(=O)N1CCCCC1CC1CCCN1C. The second-order valence-corrected chi connectivity index (χ2v) is 9.23. The number of nitrogens with zero attached hydrogens (tertiary/aromatic N) is 2. The summed E-state index contributed by atoms with van der Waals surface area (Å²) in [6.45, 7) is 8.33. The Bertz CT molecular complexity index is 494. The molecule has 2 aliphatic rings. The average molecular weight is 380 g/mol. The first-order valence-electron chi connectivity index (χ1n) is 11.1. The molecule has 5 nitrogen and oxygen atoms in total. The van der Waals surface area contributed by atoms with Crippen LogP contribution in [0.25, 0.3) is 0 Å². The first kappa shape index (κ1) is 22.2. The molecule has 0 aromatic rings. The molecule has 0 spiro atoms. The predicted octanol–water partition coefficient (Wildman–Crippen LogP) is 3.42. The molecule has 5 heteroatoms. The molecule has 27 heavy (non-hydrogen) atoms. The van der Waals surface area contributed by atoms with Gasteiger partial charge >= 0.3 is 0 Å². The van der Waals surface area contributed by atoms with Gasteiger partial charge in [0.15, 0.2) is 0 Å². The summed E-state index contributed by atoms with van der Waals surface area (Å²) in [5.41, 5.74) is 5.74. The summed E-state index contributed by atoms with van der Waals surface area (Å²) < 4.78 is 0. The lowest BCUT2D eigenvalue weighted by atomic mass is 9.80. The van der Waals surface area contributed by atoms with Gasteiger partial charge in [-0.25, -0.2) is 0 Å². The molecule has 0 aromatic carbocycles. The van der Waals surface area contributed by atoms with E-state index in [9.17, 15) is 9.59 Å². The molecular formula is C22H41N3O2. The van der Waals surface area contributed by atoms with E-state index >= 15 is 0 Å². The van der Waals surface area contributed by atoms with Crippen molar-refractivity contribution in [3.63, 3.8) is 0 Å². The Kier molecular flexibility index (Phi) is 8.59. The number of rotatable bonds is 9. The summed E-state index contributed by atoms with van der Waals surface area (Å²) in [7, 11) is 2.21. The van der Waals surface area contributed by atoms with Gasteiger partial charge in [-0.2, -0.15) is 0 Å². The van der Waals surface area contributed by atoms with Crippen LogP contribution in [0.2, 0.25) is 0 Å². The fourth-order valence-corrected chi connectivity index (χ4v) is 5.14. The van der Waals surface area contributed by atoms with Crippen molar-refractivity contribution in [3.8, 4) is 0 Å². The maximum atomic E-state index is 13.6. The van der Waals surface area contributed by atoms with Gasteiger partial charge in [-0.15, -0.1) is 0 Å². The zero-order valence-corrected chi connectivity index (χ0v) is 18.0. The van der Waals surface area contributed by atoms with Crippen LogP contribution in [0.4, 0.5) is 0 Å². The Hall–Kier alpha value is -1.10. The van der Waals surface area contributed by atoms with Crippen LogP contribution in [-0.2, 0) is 9.59 Å². The van der Waals surface area contributed by atoms with Gasteiger partial charge in [0.25, 0.3) is 0 Å². The van der Waals surface area contributed by atoms with Crippen LogP contribution in [0.15, 0.2) is 0 Å². The fraction of sp³-hybridized carbons (Fsp3) is 0.909. The molecule has 0 aliphatic carbocycles. The molecule has 4 atom stereocenters. The molecule has 2 N–H and O–H groups in total. The highest BCUT2D eigenvalue weighted by Crippen LogP contribution is 2.32. The first-order valence-corrected chi connectivity index (χ1v) is 11.1. The molecule has 2 rings (SSSR count). The first-order chi connectivity index (χ1) is 12.8. The summed E-state index contributed by atoms with van der Waals surface area (Å²) in [6, 6.07) is 0.913. The van der Waals surface area contributed by atoms with E-state index in [1.54, 1.807) is 0 Å². The molecule has 2 unspecified atom stereocenters. The third-order valence-corrected chi connectivity index (χ3v) is 6.62. The van der Waals surface area contributed by atoms with Crippen LogP contribution < -0.4 is 5.73 Å². The van der Waals surface area contributed by atoms with Crippen molar-refractivity contribution >= 4 is 11.8 Å². The maximum absolute atomic E-state index is 13.6. The van der Waals surface area contributed by atoms with Gasteiger partial charge in [0.05, 0.1) is 0 Å². The van der Waals surface area contributed by atoms with Crippen LogP contribution in [0.5, 0.6) is 0 Å². The number of primary amides is 1. The van der Waals surface area contributed by atoms with E-state index in [4.69, 9.17) is 5.73 Å². The topological polar surface area (TPSA) is 66.6 Å². The molecule has 0 radical (unpaired) electrons. The number of carbonyl (C=O) groups is 2. The minimum atomic E-state index is -0.332. The minimum absolute atomic E-state index is 0.186. The second kappa shape index (κ2) is 10.4. The van der Waals surface area contributed by atoms with Gasteiger partial charge in [-0.3, -0.25) is 9.59 Å². The average Bonchev–Trinajstić information content (AvgIpc) is 3.02. The number of nitrogens with two attached hydrogens (primary N) is 1. The van der Waals surface area contributed by atoms with Crippen LogP contribution >= 0.6 is 0 Å². The highest BCUT2D eigenvalue weighted by molar-refractivity contribution is 5.87. The summed E-state index contributed by atoms with van der Waals surface area (Å²) in [4.78, 5) is 30.4. The lowest BCUT2D eigenvalue weighted by Crippen LogP contribution is -2.51. The quantitative estimate of drug-likeness (QED) is 0.667. The summed E-state index contributed by atoms with van der Waals surface area (Å²) in [5, 5.41) is 0. The third-order valence-electron chi connectivity index (χ3n) is 6.62. The van der Waals surface area contributed by atoms with Crippen molar-refractivity contribution in [2.24, 2.45) is 23.5 Å². The van der Waals surface area contributed by atoms with Crippen molar-refractivity contribution in [2.45, 2.75) is 90.6 Å². The van der Waals surface area contributed by atoms with Gasteiger partial charge < -0.3 is 15.5 Å². The van der Waals surface area contributed by atoms with Crippen molar-refractivity contribution < 1.29 is 9.59 Å². The predicted molar refractivity (Wildman–Crippen MR) is 110 cm³/mol. The zero-order chi connectivity index (χ0) is 20.0. The van der Waals surface area contributed by atoms with E-state index in [-0.39, 0.29) is 23.7 Å². The van der Waals surface area contributed by atoms with Gasteiger partial charge in [-0.05, 0) is 70.9 Å². The van der Waals surface area contributed by atoms with Crippen LogP contribution in [0, 0.1) is 17.8 Å². The molecule has 156 valence electrons. The van der Waals surface area contributed by atoms with E-state index < -0.39 is 0 Å². The molecule has 2 fully saturated rings. The van der Waals surface area contributed by atoms with Crippen molar-refractivity contribution in [3.05, 3.63) is 0 Å². The molecule has 0 aromatic heterocycles. The monoisotopic (exact) mass is 379 g/mol. The zero-order valence-electron chi connectivity index (χ0n) is 18.0. The molecule has 2 heterocycles. The standard InChI is InChI=1S/C22H41N3O2/c1-5-9-19(21(23)26)20(14-16(2)3)22(27)25-13-7-6-10-18(25)15-17-11-8-12-24(17)4/h16-20H,5-15H2,1-4H3,(H2,23,26)/t17?,18?,19-,20+/m0/s1. The molecule has 2 amide bonds. The van der Waals surface area contributed by atoms with E-state index in [1.165, 1.54) is 25.8 Å². The van der Waals surface area contributed by atoms with Crippen LogP contribution in [0.3, 0.4) is 0 Å². The summed E-state index contributed by atoms with van der Waals surface area (Å²) >= 11 is 0. The van der Waals surface area contributed by atoms with Gasteiger partial charge in [0.2, 0.25) is 11.8 Å². The largest absolute Gasteiger partial charge is 0.369 e. The molecule has 2 aliphatic heterocycles. The number of carbonyl (C=O) groups excluding carboxylic acids is 2. The van der Waals surface area contributed by atoms with Crippen molar-refractivity contribution in [1.29, 1.82) is 0 Å². The lowest BCUT2D eigenvalue weighted by molar-refractivity contribution is -0.145. The number of likely N-dealkylation sites (tertiary alicyclic amines) is 2. The van der Waals surface area contributed by atoms with E-state index in [1.807, 2.05) is 0 Å². The van der Waals surface area contributed by atoms with E-state index in [2.05, 4.69) is 37.6 Å². The Morgan fingerprint density at radius 2 is 1.74 bits per heavy atom. The second-order valence-electron chi connectivity index (χ2n) is 9.23. The third kappa shape index (κ3) is 5.94. The number of hydrogen-bond acceptors (Lipinski definition) is 3. The van der Waals surface area contributed by atoms with Crippen molar-refractivity contribution in [2.75, 3.05) is 20.1 Å². The van der Waals surface area contributed by atoms with Crippen LogP contribution in [0.1, 0.15) is 78.6 Å². The molecule has 2 saturated heterocycles. The normalized spacial score (nSPS) is 26.3. The Labute approximate surface area is 166 Å². The summed E-state index contributed by atoms with van der Waals surface area (Å²) in [5.74, 6) is -0.334. The van der Waals surface area contributed by atoms with Crippen molar-refractivity contribution in [1.82, 2.24) is 9.80 Å². The highest BCUT2D eigenvalue weighted by Gasteiger charge is 2.39. The Balaban J connectivity index is 2.17. The number of hydrogen-bond donors (Lipinski definition) is 1. The molecule has 0 saturated carbocycles. The number of piperidine rings is 1. The minimum Gasteiger partial charge on any atom is -0.369 e. The Morgan fingerprint density at radius 1 is 1.04 bits per heavy atom. The smallest absolute Gasteiger partial charge is 0.226 e. The highest BCUT2D eigenvalue weighted by atomic mass is 16.2. The van der Waals surface area contributed by atoms with E-state index in [0.29, 0.717) is 24.4 Å². The van der Waals surface area contributed by atoms with Gasteiger partial charge in [0, 0.05) is 30.5 Å². The fourth-order valence-electron chi connectivity index (χ4n) is 5.14. The van der Waals surface area contributed by atoms with Crippen LogP contribution in [-0.4, -0.2) is 53.8 Å². The molecule has 0 bridgehead atoms. The Morgan fingerprint density at radius 3 is 2.30 bits per heavy atom. The molecular weight excluding hydrogens is 338 g/mol. The summed E-state index contributed by atoms with van der Waals surface area (Å²) in [6.07, 6.45) is 9.29. The van der Waals surface area contributed by atoms with Gasteiger partial charge in [-0.1, -0.05) is 27.2 Å². The number of amides is 2.